The molecule has 0 spiro atoms. The molecule has 2 heterocycles. The lowest BCUT2D eigenvalue weighted by molar-refractivity contribution is 0.212. The predicted octanol–water partition coefficient (Wildman–Crippen LogP) is 1.42. The second-order valence-electron chi connectivity index (χ2n) is 6.43. The Balaban J connectivity index is 1.83. The van der Waals surface area contributed by atoms with Crippen molar-refractivity contribution >= 4 is 0 Å². The van der Waals surface area contributed by atoms with Crippen molar-refractivity contribution in [3.63, 3.8) is 0 Å². The molecule has 80 valence electrons. The van der Waals surface area contributed by atoms with E-state index in [-0.39, 0.29) is 0 Å². The summed E-state index contributed by atoms with van der Waals surface area (Å²) in [5.41, 5.74) is 1.12. The molecule has 0 amide bonds. The van der Waals surface area contributed by atoms with Crippen LogP contribution in [0.1, 0.15) is 26.7 Å². The molecule has 3 rings (SSSR count). The van der Waals surface area contributed by atoms with Crippen molar-refractivity contribution in [2.24, 2.45) is 10.8 Å². The van der Waals surface area contributed by atoms with E-state index in [4.69, 9.17) is 0 Å². The Labute approximate surface area is 87.3 Å². The molecule has 2 atom stereocenters. The highest BCUT2D eigenvalue weighted by atomic mass is 15.3. The van der Waals surface area contributed by atoms with Gasteiger partial charge in [0.05, 0.1) is 0 Å². The van der Waals surface area contributed by atoms with Gasteiger partial charge in [0.2, 0.25) is 0 Å². The summed E-state index contributed by atoms with van der Waals surface area (Å²) in [4.78, 5) is 5.28. The smallest absolute Gasteiger partial charge is 0.00969 e. The van der Waals surface area contributed by atoms with Crippen molar-refractivity contribution in [1.29, 1.82) is 0 Å². The minimum atomic E-state index is 0.560. The van der Waals surface area contributed by atoms with Crippen LogP contribution in [0.15, 0.2) is 0 Å². The molecule has 1 saturated carbocycles. The number of hydrogen-bond donors (Lipinski definition) is 0. The van der Waals surface area contributed by atoms with Gasteiger partial charge >= 0.3 is 0 Å². The molecule has 3 aliphatic rings. The third kappa shape index (κ3) is 1.10. The topological polar surface area (TPSA) is 6.48 Å². The van der Waals surface area contributed by atoms with E-state index in [9.17, 15) is 0 Å². The van der Waals surface area contributed by atoms with Crippen LogP contribution in [0, 0.1) is 10.8 Å². The first-order chi connectivity index (χ1) is 6.52. The molecule has 2 heteroatoms. The van der Waals surface area contributed by atoms with Gasteiger partial charge in [-0.3, -0.25) is 4.90 Å². The first kappa shape index (κ1) is 9.17. The lowest BCUT2D eigenvalue weighted by atomic mass is 9.71. The Morgan fingerprint density at radius 1 is 0.929 bits per heavy atom. The molecule has 14 heavy (non-hydrogen) atoms. The second kappa shape index (κ2) is 2.53. The summed E-state index contributed by atoms with van der Waals surface area (Å²) < 4.78 is 0. The van der Waals surface area contributed by atoms with E-state index >= 15 is 0 Å². The average Bonchev–Trinajstić information content (AvgIpc) is 2.75. The van der Waals surface area contributed by atoms with Crippen LogP contribution < -0.4 is 0 Å². The lowest BCUT2D eigenvalue weighted by Gasteiger charge is -2.31. The van der Waals surface area contributed by atoms with Crippen molar-refractivity contribution in [2.75, 3.05) is 33.2 Å². The maximum absolute atomic E-state index is 2.76. The fourth-order valence-electron chi connectivity index (χ4n) is 3.76. The van der Waals surface area contributed by atoms with Crippen LogP contribution in [0.4, 0.5) is 0 Å². The summed E-state index contributed by atoms with van der Waals surface area (Å²) >= 11 is 0. The molecular weight excluding hydrogens is 172 g/mol. The summed E-state index contributed by atoms with van der Waals surface area (Å²) in [5.74, 6) is 0. The SMILES string of the molecule is CN1C[C@@]2(C)CN(C3CC3)C[C@@]2(C)C1. The maximum Gasteiger partial charge on any atom is 0.00969 e. The standard InChI is InChI=1S/C12H22N2/c1-11-6-13(3)7-12(11,2)9-14(8-11)10-4-5-10/h10H,4-9H2,1-3H3/t11-,12+. The van der Waals surface area contributed by atoms with Gasteiger partial charge in [0.25, 0.3) is 0 Å². The number of likely N-dealkylation sites (tertiary alicyclic amines) is 2. The van der Waals surface area contributed by atoms with Gasteiger partial charge in [-0.15, -0.1) is 0 Å². The monoisotopic (exact) mass is 194 g/mol. The summed E-state index contributed by atoms with van der Waals surface area (Å²) in [5, 5.41) is 0. The summed E-state index contributed by atoms with van der Waals surface area (Å²) in [7, 11) is 2.27. The summed E-state index contributed by atoms with van der Waals surface area (Å²) in [6, 6.07) is 0.958. The van der Waals surface area contributed by atoms with Crippen molar-refractivity contribution in [2.45, 2.75) is 32.7 Å². The molecule has 0 radical (unpaired) electrons. The van der Waals surface area contributed by atoms with E-state index in [1.807, 2.05) is 0 Å². The highest BCUT2D eigenvalue weighted by Crippen LogP contribution is 2.53. The van der Waals surface area contributed by atoms with E-state index in [1.54, 1.807) is 0 Å². The van der Waals surface area contributed by atoms with Crippen LogP contribution in [-0.2, 0) is 0 Å². The molecule has 0 aromatic heterocycles. The molecule has 0 bridgehead atoms. The van der Waals surface area contributed by atoms with Crippen LogP contribution in [0.25, 0.3) is 0 Å². The Morgan fingerprint density at radius 3 is 1.86 bits per heavy atom. The number of hydrogen-bond acceptors (Lipinski definition) is 2. The largest absolute Gasteiger partial charge is 0.305 e. The highest BCUT2D eigenvalue weighted by Gasteiger charge is 2.58. The van der Waals surface area contributed by atoms with E-state index < -0.39 is 0 Å². The molecule has 0 N–H and O–H groups in total. The van der Waals surface area contributed by atoms with Crippen molar-refractivity contribution < 1.29 is 0 Å². The molecule has 2 aliphatic heterocycles. The van der Waals surface area contributed by atoms with Gasteiger partial charge in [-0.1, -0.05) is 13.8 Å². The molecule has 0 unspecified atom stereocenters. The van der Waals surface area contributed by atoms with E-state index in [0.29, 0.717) is 10.8 Å². The van der Waals surface area contributed by atoms with Gasteiger partial charge in [-0.25, -0.2) is 0 Å². The quantitative estimate of drug-likeness (QED) is 0.623. The molecule has 2 saturated heterocycles. The van der Waals surface area contributed by atoms with Gasteiger partial charge in [0.15, 0.2) is 0 Å². The maximum atomic E-state index is 2.76. The summed E-state index contributed by atoms with van der Waals surface area (Å²) in [6.45, 7) is 10.3. The first-order valence-electron chi connectivity index (χ1n) is 5.95. The zero-order valence-electron chi connectivity index (χ0n) is 9.71. The van der Waals surface area contributed by atoms with Crippen LogP contribution >= 0.6 is 0 Å². The van der Waals surface area contributed by atoms with E-state index in [2.05, 4.69) is 30.7 Å². The zero-order valence-corrected chi connectivity index (χ0v) is 9.71. The number of nitrogens with zero attached hydrogens (tertiary/aromatic N) is 2. The van der Waals surface area contributed by atoms with Crippen LogP contribution in [0.5, 0.6) is 0 Å². The Morgan fingerprint density at radius 2 is 1.43 bits per heavy atom. The number of rotatable bonds is 1. The predicted molar refractivity (Wildman–Crippen MR) is 58.3 cm³/mol. The Bertz CT molecular complexity index is 241. The highest BCUT2D eigenvalue weighted by molar-refractivity contribution is 5.11. The fraction of sp³-hybridized carbons (Fsp3) is 1.00. The van der Waals surface area contributed by atoms with E-state index in [1.165, 1.54) is 39.0 Å². The normalized spacial score (nSPS) is 49.9. The fourth-order valence-corrected chi connectivity index (χ4v) is 3.76. The molecule has 2 nitrogen and oxygen atoms in total. The first-order valence-corrected chi connectivity index (χ1v) is 5.95. The van der Waals surface area contributed by atoms with Crippen LogP contribution in [0.3, 0.4) is 0 Å². The lowest BCUT2D eigenvalue weighted by Crippen LogP contribution is -2.34. The minimum absolute atomic E-state index is 0.560. The van der Waals surface area contributed by atoms with Gasteiger partial charge in [-0.05, 0) is 19.9 Å². The van der Waals surface area contributed by atoms with Gasteiger partial charge in [0.1, 0.15) is 0 Å². The Kier molecular flexibility index (Phi) is 1.66. The van der Waals surface area contributed by atoms with Crippen LogP contribution in [-0.4, -0.2) is 49.1 Å². The minimum Gasteiger partial charge on any atom is -0.305 e. The van der Waals surface area contributed by atoms with Crippen molar-refractivity contribution in [1.82, 2.24) is 9.80 Å². The zero-order chi connectivity index (χ0) is 9.97. The van der Waals surface area contributed by atoms with Crippen molar-refractivity contribution in [3.05, 3.63) is 0 Å². The van der Waals surface area contributed by atoms with Gasteiger partial charge in [-0.2, -0.15) is 0 Å². The average molecular weight is 194 g/mol. The van der Waals surface area contributed by atoms with Crippen LogP contribution in [0.2, 0.25) is 0 Å². The third-order valence-electron chi connectivity index (χ3n) is 4.86. The number of fused-ring (bicyclic) bond motifs is 1. The molecule has 0 aromatic carbocycles. The van der Waals surface area contributed by atoms with E-state index in [0.717, 1.165) is 6.04 Å². The molecule has 1 aliphatic carbocycles. The van der Waals surface area contributed by atoms with Crippen molar-refractivity contribution in [3.8, 4) is 0 Å². The second-order valence-corrected chi connectivity index (χ2v) is 6.43. The van der Waals surface area contributed by atoms with Gasteiger partial charge in [0, 0.05) is 43.1 Å². The third-order valence-corrected chi connectivity index (χ3v) is 4.86. The summed E-state index contributed by atoms with van der Waals surface area (Å²) in [6.07, 6.45) is 2.92. The molecule has 3 fully saturated rings. The molecule has 0 aromatic rings. The van der Waals surface area contributed by atoms with Gasteiger partial charge < -0.3 is 4.90 Å². The molecular formula is C12H22N2. The Hall–Kier alpha value is -0.0800.